The van der Waals surface area contributed by atoms with Crippen LogP contribution in [-0.2, 0) is 28.6 Å². The highest BCUT2D eigenvalue weighted by molar-refractivity contribution is 5.71. The van der Waals surface area contributed by atoms with Crippen LogP contribution in [0, 0.1) is 0 Å². The van der Waals surface area contributed by atoms with Crippen LogP contribution in [0.3, 0.4) is 0 Å². The second-order valence-corrected chi connectivity index (χ2v) is 18.8. The zero-order chi connectivity index (χ0) is 47.9. The van der Waals surface area contributed by atoms with Crippen LogP contribution in [0.1, 0.15) is 284 Å². The van der Waals surface area contributed by atoms with Gasteiger partial charge >= 0.3 is 17.9 Å². The third-order valence-electron chi connectivity index (χ3n) is 12.3. The largest absolute Gasteiger partial charge is 0.462 e. The summed E-state index contributed by atoms with van der Waals surface area (Å²) in [4.78, 5) is 38.1. The summed E-state index contributed by atoms with van der Waals surface area (Å²) < 4.78 is 16.8. The first-order valence-corrected chi connectivity index (χ1v) is 28.3. The van der Waals surface area contributed by atoms with Crippen LogP contribution in [0.5, 0.6) is 0 Å². The smallest absolute Gasteiger partial charge is 0.306 e. The number of rotatable bonds is 51. The molecule has 0 N–H and O–H groups in total. The molecule has 0 spiro atoms. The van der Waals surface area contributed by atoms with Gasteiger partial charge in [0.15, 0.2) is 6.10 Å². The minimum atomic E-state index is -0.800. The van der Waals surface area contributed by atoms with E-state index in [0.717, 1.165) is 77.0 Å². The van der Waals surface area contributed by atoms with Crippen molar-refractivity contribution in [2.24, 2.45) is 0 Å². The first-order chi connectivity index (χ1) is 32.5. The molecule has 66 heavy (non-hydrogen) atoms. The Hall–Kier alpha value is -2.89. The van der Waals surface area contributed by atoms with Gasteiger partial charge in [-0.15, -0.1) is 0 Å². The van der Waals surface area contributed by atoms with Crippen LogP contribution >= 0.6 is 0 Å². The molecule has 0 aromatic carbocycles. The predicted octanol–water partition coefficient (Wildman–Crippen LogP) is 18.8. The molecule has 0 aromatic rings. The Labute approximate surface area is 409 Å². The molecule has 0 aliphatic heterocycles. The minimum absolute atomic E-state index is 0.0929. The second kappa shape index (κ2) is 54.7. The van der Waals surface area contributed by atoms with Gasteiger partial charge in [0.1, 0.15) is 13.2 Å². The molecule has 0 fully saturated rings. The number of ether oxygens (including phenoxy) is 3. The normalized spacial score (nSPS) is 12.5. The van der Waals surface area contributed by atoms with Gasteiger partial charge in [-0.3, -0.25) is 14.4 Å². The summed E-state index contributed by atoms with van der Waals surface area (Å²) in [6.07, 6.45) is 67.9. The highest BCUT2D eigenvalue weighted by Gasteiger charge is 2.19. The Morgan fingerprint density at radius 2 is 0.591 bits per heavy atom. The molecule has 0 saturated heterocycles. The van der Waals surface area contributed by atoms with Gasteiger partial charge in [0.2, 0.25) is 0 Å². The number of esters is 3. The number of allylic oxidation sites excluding steroid dienone is 10. The Bertz CT molecular complexity index is 1200. The van der Waals surface area contributed by atoms with Crippen molar-refractivity contribution >= 4 is 17.9 Å². The zero-order valence-electron chi connectivity index (χ0n) is 43.7. The highest BCUT2D eigenvalue weighted by atomic mass is 16.6. The van der Waals surface area contributed by atoms with Crippen molar-refractivity contribution in [1.29, 1.82) is 0 Å². The van der Waals surface area contributed by atoms with Crippen LogP contribution in [0.15, 0.2) is 60.8 Å². The van der Waals surface area contributed by atoms with Gasteiger partial charge in [0.05, 0.1) is 0 Å². The van der Waals surface area contributed by atoms with E-state index in [-0.39, 0.29) is 37.5 Å². The molecule has 0 unspecified atom stereocenters. The molecule has 0 radical (unpaired) electrons. The minimum Gasteiger partial charge on any atom is -0.462 e. The summed E-state index contributed by atoms with van der Waals surface area (Å²) >= 11 is 0. The number of unbranched alkanes of at least 4 members (excludes halogenated alkanes) is 30. The summed E-state index contributed by atoms with van der Waals surface area (Å²) in [7, 11) is 0. The van der Waals surface area contributed by atoms with Crippen molar-refractivity contribution < 1.29 is 28.6 Å². The molecule has 1 atom stereocenters. The lowest BCUT2D eigenvalue weighted by Gasteiger charge is -2.18. The summed E-state index contributed by atoms with van der Waals surface area (Å²) in [6.45, 7) is 6.51. The zero-order valence-corrected chi connectivity index (χ0v) is 43.7. The standard InChI is InChI=1S/C60H106O6/c1-4-7-10-13-16-19-22-25-27-29-30-32-33-35-38-41-44-47-50-53-59(62)65-56-57(55-64-58(61)52-49-46-43-40-37-24-21-18-15-12-9-6-3)66-60(63)54-51-48-45-42-39-36-34-31-28-26-23-20-17-14-11-8-5-2/h8,11,17,20,26,28,34,36,42,45,57H,4-7,9-10,12-16,18-19,21-25,27,29-33,35,37-41,43-44,46-56H2,1-3H3/b11-8-,20-17-,28-26-,36-34-,45-42-/t57-/m0/s1. The van der Waals surface area contributed by atoms with E-state index in [1.165, 1.54) is 161 Å². The van der Waals surface area contributed by atoms with Crippen molar-refractivity contribution in [2.75, 3.05) is 13.2 Å². The lowest BCUT2D eigenvalue weighted by atomic mass is 10.0. The first-order valence-electron chi connectivity index (χ1n) is 28.3. The fourth-order valence-corrected chi connectivity index (χ4v) is 8.07. The quantitative estimate of drug-likeness (QED) is 0.0262. The molecule has 0 saturated carbocycles. The SMILES string of the molecule is CC/C=C\C/C=C\C/C=C\C/C=C\C/C=C\CCCC(=O)O[C@@H](COC(=O)CCCCCCCCCCCCCC)COC(=O)CCCCCCCCCCCCCCCCCCCCC. The molecular formula is C60H106O6. The van der Waals surface area contributed by atoms with Crippen LogP contribution in [0.25, 0.3) is 0 Å². The number of hydrogen-bond donors (Lipinski definition) is 0. The second-order valence-electron chi connectivity index (χ2n) is 18.8. The Morgan fingerprint density at radius 1 is 0.318 bits per heavy atom. The molecule has 0 rings (SSSR count). The van der Waals surface area contributed by atoms with E-state index >= 15 is 0 Å². The fraction of sp³-hybridized carbons (Fsp3) is 0.783. The molecule has 6 nitrogen and oxygen atoms in total. The molecule has 382 valence electrons. The molecule has 6 heteroatoms. The van der Waals surface area contributed by atoms with Gasteiger partial charge in [-0.1, -0.05) is 268 Å². The number of hydrogen-bond acceptors (Lipinski definition) is 6. The van der Waals surface area contributed by atoms with Gasteiger partial charge in [-0.2, -0.15) is 0 Å². The molecule has 0 aromatic heterocycles. The maximum atomic E-state index is 12.8. The summed E-state index contributed by atoms with van der Waals surface area (Å²) in [5.41, 5.74) is 0. The van der Waals surface area contributed by atoms with Crippen LogP contribution in [-0.4, -0.2) is 37.2 Å². The van der Waals surface area contributed by atoms with Crippen molar-refractivity contribution in [2.45, 2.75) is 290 Å². The van der Waals surface area contributed by atoms with Gasteiger partial charge in [0.25, 0.3) is 0 Å². The van der Waals surface area contributed by atoms with Crippen molar-refractivity contribution in [3.8, 4) is 0 Å². The van der Waals surface area contributed by atoms with E-state index in [0.29, 0.717) is 19.3 Å². The first kappa shape index (κ1) is 63.1. The van der Waals surface area contributed by atoms with Crippen molar-refractivity contribution in [3.05, 3.63) is 60.8 Å². The van der Waals surface area contributed by atoms with E-state index in [1.807, 2.05) is 0 Å². The van der Waals surface area contributed by atoms with E-state index < -0.39 is 6.10 Å². The fourth-order valence-electron chi connectivity index (χ4n) is 8.07. The third-order valence-corrected chi connectivity index (χ3v) is 12.3. The molecule has 0 heterocycles. The summed E-state index contributed by atoms with van der Waals surface area (Å²) in [6, 6.07) is 0. The highest BCUT2D eigenvalue weighted by Crippen LogP contribution is 2.16. The predicted molar refractivity (Wildman–Crippen MR) is 284 cm³/mol. The number of carbonyl (C=O) groups is 3. The Morgan fingerprint density at radius 3 is 0.909 bits per heavy atom. The Kier molecular flexibility index (Phi) is 52.3. The lowest BCUT2D eigenvalue weighted by Crippen LogP contribution is -2.30. The van der Waals surface area contributed by atoms with Gasteiger partial charge in [-0.05, 0) is 57.8 Å². The monoisotopic (exact) mass is 923 g/mol. The Balaban J connectivity index is 4.39. The average molecular weight is 924 g/mol. The van der Waals surface area contributed by atoms with Gasteiger partial charge < -0.3 is 14.2 Å². The van der Waals surface area contributed by atoms with Crippen molar-refractivity contribution in [3.63, 3.8) is 0 Å². The molecular weight excluding hydrogens is 817 g/mol. The molecule has 0 amide bonds. The van der Waals surface area contributed by atoms with Crippen LogP contribution in [0.4, 0.5) is 0 Å². The van der Waals surface area contributed by atoms with Gasteiger partial charge in [-0.25, -0.2) is 0 Å². The maximum absolute atomic E-state index is 12.8. The summed E-state index contributed by atoms with van der Waals surface area (Å²) in [5.74, 6) is -0.939. The van der Waals surface area contributed by atoms with E-state index in [9.17, 15) is 14.4 Å². The topological polar surface area (TPSA) is 78.9 Å². The average Bonchev–Trinajstić information content (AvgIpc) is 3.31. The maximum Gasteiger partial charge on any atom is 0.306 e. The van der Waals surface area contributed by atoms with Gasteiger partial charge in [0, 0.05) is 19.3 Å². The van der Waals surface area contributed by atoms with Crippen molar-refractivity contribution in [1.82, 2.24) is 0 Å². The third kappa shape index (κ3) is 52.1. The molecule has 0 aliphatic carbocycles. The van der Waals surface area contributed by atoms with E-state index in [1.54, 1.807) is 0 Å². The van der Waals surface area contributed by atoms with E-state index in [4.69, 9.17) is 14.2 Å². The molecule has 0 aliphatic rings. The molecule has 0 bridgehead atoms. The lowest BCUT2D eigenvalue weighted by molar-refractivity contribution is -0.167. The van der Waals surface area contributed by atoms with Crippen LogP contribution < -0.4 is 0 Å². The summed E-state index contributed by atoms with van der Waals surface area (Å²) in [5, 5.41) is 0. The number of carbonyl (C=O) groups excluding carboxylic acids is 3. The van der Waals surface area contributed by atoms with E-state index in [2.05, 4.69) is 81.5 Å². The van der Waals surface area contributed by atoms with Crippen LogP contribution in [0.2, 0.25) is 0 Å².